The van der Waals surface area contributed by atoms with Crippen molar-refractivity contribution in [2.45, 2.75) is 12.8 Å². The fraction of sp³-hybridized carbons (Fsp3) is 0.385. The molecule has 19 heavy (non-hydrogen) atoms. The first-order chi connectivity index (χ1) is 9.09. The van der Waals surface area contributed by atoms with Crippen molar-refractivity contribution < 1.29 is 19.4 Å². The van der Waals surface area contributed by atoms with E-state index in [1.165, 1.54) is 0 Å². The van der Waals surface area contributed by atoms with E-state index in [-0.39, 0.29) is 19.1 Å². The van der Waals surface area contributed by atoms with Gasteiger partial charge in [-0.25, -0.2) is 4.79 Å². The maximum absolute atomic E-state index is 11.5. The van der Waals surface area contributed by atoms with Gasteiger partial charge in [-0.1, -0.05) is 34.1 Å². The number of carboxylic acids is 1. The lowest BCUT2D eigenvalue weighted by molar-refractivity contribution is -0.142. The molecule has 5 nitrogen and oxygen atoms in total. The van der Waals surface area contributed by atoms with Crippen molar-refractivity contribution in [2.75, 3.05) is 19.8 Å². The summed E-state index contributed by atoms with van der Waals surface area (Å²) in [7, 11) is 0. The average Bonchev–Trinajstić information content (AvgIpc) is 2.37. The van der Waals surface area contributed by atoms with E-state index in [0.717, 1.165) is 10.0 Å². The van der Waals surface area contributed by atoms with Crippen LogP contribution < -0.4 is 5.32 Å². The minimum absolute atomic E-state index is 0.0744. The number of halogens is 1. The Labute approximate surface area is 120 Å². The van der Waals surface area contributed by atoms with E-state index in [1.54, 1.807) is 0 Å². The number of aryl methyl sites for hydroxylation is 1. The highest BCUT2D eigenvalue weighted by atomic mass is 79.9. The van der Waals surface area contributed by atoms with Crippen LogP contribution in [0.3, 0.4) is 0 Å². The second-order valence-corrected chi connectivity index (χ2v) is 4.74. The summed E-state index contributed by atoms with van der Waals surface area (Å²) in [4.78, 5) is 21.7. The van der Waals surface area contributed by atoms with Crippen molar-refractivity contribution in [3.8, 4) is 0 Å². The molecule has 0 heterocycles. The molecule has 1 aromatic carbocycles. The molecule has 0 saturated heterocycles. The summed E-state index contributed by atoms with van der Waals surface area (Å²) < 4.78 is 5.80. The average molecular weight is 330 g/mol. The van der Waals surface area contributed by atoms with E-state index in [2.05, 4.69) is 21.2 Å². The van der Waals surface area contributed by atoms with Gasteiger partial charge in [-0.2, -0.15) is 0 Å². The molecule has 0 aliphatic carbocycles. The zero-order valence-electron chi connectivity index (χ0n) is 10.4. The van der Waals surface area contributed by atoms with Gasteiger partial charge in [0.05, 0.1) is 6.61 Å². The molecule has 104 valence electrons. The van der Waals surface area contributed by atoms with Gasteiger partial charge in [-0.05, 0) is 18.1 Å². The maximum Gasteiger partial charge on any atom is 0.329 e. The third kappa shape index (κ3) is 6.93. The van der Waals surface area contributed by atoms with Crippen LogP contribution in [0.4, 0.5) is 0 Å². The Kier molecular flexibility index (Phi) is 7.14. The SMILES string of the molecule is O=C(O)COCCNC(=O)CCc1ccccc1Br. The predicted octanol–water partition coefficient (Wildman–Crippen LogP) is 1.60. The smallest absolute Gasteiger partial charge is 0.329 e. The molecule has 0 atom stereocenters. The first kappa shape index (κ1) is 15.7. The van der Waals surface area contributed by atoms with Gasteiger partial charge in [-0.15, -0.1) is 0 Å². The molecule has 0 unspecified atom stereocenters. The zero-order chi connectivity index (χ0) is 14.1. The van der Waals surface area contributed by atoms with Crippen LogP contribution in [0.2, 0.25) is 0 Å². The number of carbonyl (C=O) groups excluding carboxylic acids is 1. The van der Waals surface area contributed by atoms with Gasteiger partial charge in [0.15, 0.2) is 0 Å². The summed E-state index contributed by atoms with van der Waals surface area (Å²) >= 11 is 3.43. The van der Waals surface area contributed by atoms with Crippen LogP contribution in [0.1, 0.15) is 12.0 Å². The second-order valence-electron chi connectivity index (χ2n) is 3.89. The first-order valence-electron chi connectivity index (χ1n) is 5.89. The molecule has 1 amide bonds. The van der Waals surface area contributed by atoms with Gasteiger partial charge in [0, 0.05) is 17.4 Å². The Balaban J connectivity index is 2.15. The molecule has 0 saturated carbocycles. The Morgan fingerprint density at radius 2 is 2.05 bits per heavy atom. The fourth-order valence-electron chi connectivity index (χ4n) is 1.46. The summed E-state index contributed by atoms with van der Waals surface area (Å²) in [5.74, 6) is -1.09. The van der Waals surface area contributed by atoms with Crippen LogP contribution in [0.5, 0.6) is 0 Å². The molecule has 0 radical (unpaired) electrons. The number of carbonyl (C=O) groups is 2. The summed E-state index contributed by atoms with van der Waals surface area (Å²) in [5.41, 5.74) is 1.08. The van der Waals surface area contributed by atoms with Crippen molar-refractivity contribution in [3.05, 3.63) is 34.3 Å². The Hall–Kier alpha value is -1.40. The van der Waals surface area contributed by atoms with Crippen LogP contribution >= 0.6 is 15.9 Å². The van der Waals surface area contributed by atoms with Crippen LogP contribution in [0, 0.1) is 0 Å². The van der Waals surface area contributed by atoms with Gasteiger partial charge in [-0.3, -0.25) is 4.79 Å². The van der Waals surface area contributed by atoms with Crippen LogP contribution in [0.25, 0.3) is 0 Å². The summed E-state index contributed by atoms with van der Waals surface area (Å²) in [5, 5.41) is 11.0. The number of rotatable bonds is 8. The van der Waals surface area contributed by atoms with Crippen molar-refractivity contribution in [1.82, 2.24) is 5.32 Å². The van der Waals surface area contributed by atoms with E-state index >= 15 is 0 Å². The molecule has 0 bridgehead atoms. The highest BCUT2D eigenvalue weighted by Gasteiger charge is 2.04. The lowest BCUT2D eigenvalue weighted by Crippen LogP contribution is -2.28. The van der Waals surface area contributed by atoms with E-state index < -0.39 is 5.97 Å². The quantitative estimate of drug-likeness (QED) is 0.710. The van der Waals surface area contributed by atoms with E-state index in [1.807, 2.05) is 24.3 Å². The molecule has 2 N–H and O–H groups in total. The Morgan fingerprint density at radius 3 is 2.74 bits per heavy atom. The van der Waals surface area contributed by atoms with Gasteiger partial charge in [0.25, 0.3) is 0 Å². The molecule has 1 rings (SSSR count). The number of carboxylic acid groups (broad SMARTS) is 1. The Morgan fingerprint density at radius 1 is 1.32 bits per heavy atom. The van der Waals surface area contributed by atoms with Gasteiger partial charge in [0.1, 0.15) is 6.61 Å². The highest BCUT2D eigenvalue weighted by molar-refractivity contribution is 9.10. The molecular weight excluding hydrogens is 314 g/mol. The topological polar surface area (TPSA) is 75.6 Å². The number of hydrogen-bond acceptors (Lipinski definition) is 3. The molecule has 0 aliphatic rings. The monoisotopic (exact) mass is 329 g/mol. The third-order valence-electron chi connectivity index (χ3n) is 2.37. The molecule has 0 aliphatic heterocycles. The molecule has 0 aromatic heterocycles. The molecule has 6 heteroatoms. The highest BCUT2D eigenvalue weighted by Crippen LogP contribution is 2.17. The number of nitrogens with one attached hydrogen (secondary N) is 1. The standard InChI is InChI=1S/C13H16BrNO4/c14-11-4-2-1-3-10(11)5-6-12(16)15-7-8-19-9-13(17)18/h1-4H,5-9H2,(H,15,16)(H,17,18). The van der Waals surface area contributed by atoms with Crippen molar-refractivity contribution in [3.63, 3.8) is 0 Å². The number of ether oxygens (including phenoxy) is 1. The van der Waals surface area contributed by atoms with Crippen LogP contribution in [-0.2, 0) is 20.7 Å². The lowest BCUT2D eigenvalue weighted by atomic mass is 10.1. The fourth-order valence-corrected chi connectivity index (χ4v) is 1.94. The predicted molar refractivity (Wildman–Crippen MR) is 73.9 cm³/mol. The molecular formula is C13H16BrNO4. The first-order valence-corrected chi connectivity index (χ1v) is 6.68. The van der Waals surface area contributed by atoms with Gasteiger partial charge in [0.2, 0.25) is 5.91 Å². The number of amides is 1. The third-order valence-corrected chi connectivity index (χ3v) is 3.15. The number of aliphatic carboxylic acids is 1. The van der Waals surface area contributed by atoms with E-state index in [4.69, 9.17) is 9.84 Å². The Bertz CT molecular complexity index is 436. The zero-order valence-corrected chi connectivity index (χ0v) is 12.0. The minimum Gasteiger partial charge on any atom is -0.480 e. The van der Waals surface area contributed by atoms with Crippen LogP contribution in [-0.4, -0.2) is 36.7 Å². The lowest BCUT2D eigenvalue weighted by Gasteiger charge is -2.06. The molecule has 0 spiro atoms. The second kappa shape index (κ2) is 8.66. The number of benzene rings is 1. The minimum atomic E-state index is -1.01. The van der Waals surface area contributed by atoms with E-state index in [0.29, 0.717) is 19.4 Å². The summed E-state index contributed by atoms with van der Waals surface area (Å²) in [6.45, 7) is 0.183. The largest absolute Gasteiger partial charge is 0.480 e. The van der Waals surface area contributed by atoms with Crippen LogP contribution in [0.15, 0.2) is 28.7 Å². The normalized spacial score (nSPS) is 10.2. The van der Waals surface area contributed by atoms with Crippen molar-refractivity contribution in [1.29, 1.82) is 0 Å². The van der Waals surface area contributed by atoms with E-state index in [9.17, 15) is 9.59 Å². The molecule has 0 fully saturated rings. The van der Waals surface area contributed by atoms with Gasteiger partial charge < -0.3 is 15.2 Å². The van der Waals surface area contributed by atoms with Crippen molar-refractivity contribution in [2.24, 2.45) is 0 Å². The number of hydrogen-bond donors (Lipinski definition) is 2. The molecule has 1 aromatic rings. The van der Waals surface area contributed by atoms with Gasteiger partial charge >= 0.3 is 5.97 Å². The summed E-state index contributed by atoms with van der Waals surface area (Å²) in [6.07, 6.45) is 1.05. The van der Waals surface area contributed by atoms with Crippen molar-refractivity contribution >= 4 is 27.8 Å². The summed E-state index contributed by atoms with van der Waals surface area (Å²) in [6, 6.07) is 7.76. The maximum atomic E-state index is 11.5.